The van der Waals surface area contributed by atoms with Gasteiger partial charge >= 0.3 is 6.18 Å². The molecule has 2 aromatic carbocycles. The first kappa shape index (κ1) is 20.0. The summed E-state index contributed by atoms with van der Waals surface area (Å²) < 4.78 is 72.0. The first-order valence-electron chi connectivity index (χ1n) is 8.97. The van der Waals surface area contributed by atoms with Crippen LogP contribution in [0.25, 0.3) is 11.4 Å². The van der Waals surface area contributed by atoms with E-state index >= 15 is 0 Å². The molecule has 3 aromatic rings. The predicted octanol–water partition coefficient (Wildman–Crippen LogP) is 4.90. The predicted molar refractivity (Wildman–Crippen MR) is 93.6 cm³/mol. The lowest BCUT2D eigenvalue weighted by Crippen LogP contribution is -2.28. The number of amides is 1. The van der Waals surface area contributed by atoms with E-state index in [9.17, 15) is 26.7 Å². The minimum absolute atomic E-state index is 0.00925. The van der Waals surface area contributed by atoms with Crippen molar-refractivity contribution in [2.75, 3.05) is 0 Å². The van der Waals surface area contributed by atoms with E-state index in [2.05, 4.69) is 10.1 Å². The van der Waals surface area contributed by atoms with Gasteiger partial charge in [-0.05, 0) is 30.7 Å². The topological polar surface area (TPSA) is 59.2 Å². The van der Waals surface area contributed by atoms with Crippen molar-refractivity contribution in [3.05, 3.63) is 71.1 Å². The summed E-state index contributed by atoms with van der Waals surface area (Å²) >= 11 is 0. The Hall–Kier alpha value is -3.30. The molecule has 0 aliphatic carbocycles. The van der Waals surface area contributed by atoms with Crippen LogP contribution in [0.4, 0.5) is 22.0 Å². The molecular formula is C20H14F5N3O2. The quantitative estimate of drug-likeness (QED) is 0.561. The molecule has 0 bridgehead atoms. The molecule has 2 heterocycles. The molecular weight excluding hydrogens is 409 g/mol. The molecule has 10 heteroatoms. The van der Waals surface area contributed by atoms with E-state index in [1.807, 2.05) is 0 Å². The van der Waals surface area contributed by atoms with E-state index < -0.39 is 29.4 Å². The minimum Gasteiger partial charge on any atom is -0.337 e. The molecule has 30 heavy (non-hydrogen) atoms. The number of carbonyl (C=O) groups is 1. The van der Waals surface area contributed by atoms with E-state index in [0.717, 1.165) is 24.3 Å². The van der Waals surface area contributed by atoms with Crippen molar-refractivity contribution < 1.29 is 31.3 Å². The van der Waals surface area contributed by atoms with E-state index in [-0.39, 0.29) is 48.1 Å². The van der Waals surface area contributed by atoms with Gasteiger partial charge in [0.25, 0.3) is 0 Å². The van der Waals surface area contributed by atoms with Crippen molar-refractivity contribution in [3.8, 4) is 11.4 Å². The van der Waals surface area contributed by atoms with Gasteiger partial charge in [0, 0.05) is 17.5 Å². The zero-order chi connectivity index (χ0) is 21.5. The van der Waals surface area contributed by atoms with E-state index in [1.54, 1.807) is 0 Å². The van der Waals surface area contributed by atoms with Gasteiger partial charge in [0.05, 0.1) is 12.1 Å². The highest BCUT2D eigenvalue weighted by molar-refractivity contribution is 5.78. The number of nitrogens with zero attached hydrogens (tertiary/aromatic N) is 3. The fourth-order valence-corrected chi connectivity index (χ4v) is 3.36. The molecule has 1 aliphatic heterocycles. The van der Waals surface area contributed by atoms with Crippen molar-refractivity contribution in [3.63, 3.8) is 0 Å². The van der Waals surface area contributed by atoms with Crippen LogP contribution in [0.15, 0.2) is 47.0 Å². The molecule has 0 spiro atoms. The average Bonchev–Trinajstić information content (AvgIpc) is 3.31. The summed E-state index contributed by atoms with van der Waals surface area (Å²) in [4.78, 5) is 17.6. The smallest absolute Gasteiger partial charge is 0.337 e. The highest BCUT2D eigenvalue weighted by Gasteiger charge is 2.37. The molecule has 1 unspecified atom stereocenters. The number of hydrogen-bond acceptors (Lipinski definition) is 4. The summed E-state index contributed by atoms with van der Waals surface area (Å²) in [5, 5.41) is 3.72. The Bertz CT molecular complexity index is 1080. The van der Waals surface area contributed by atoms with Crippen molar-refractivity contribution in [2.24, 2.45) is 0 Å². The molecule has 0 N–H and O–H groups in total. The van der Waals surface area contributed by atoms with Gasteiger partial charge in [0.1, 0.15) is 17.7 Å². The zero-order valence-corrected chi connectivity index (χ0v) is 15.3. The fraction of sp³-hybridized carbons (Fsp3) is 0.250. The number of aromatic nitrogens is 2. The third kappa shape index (κ3) is 3.77. The fourth-order valence-electron chi connectivity index (χ4n) is 3.36. The van der Waals surface area contributed by atoms with Gasteiger partial charge in [-0.1, -0.05) is 23.4 Å². The Balaban J connectivity index is 1.62. The van der Waals surface area contributed by atoms with Crippen LogP contribution >= 0.6 is 0 Å². The van der Waals surface area contributed by atoms with Gasteiger partial charge < -0.3 is 9.42 Å². The molecule has 1 aliphatic rings. The van der Waals surface area contributed by atoms with Crippen molar-refractivity contribution in [2.45, 2.75) is 31.6 Å². The normalized spacial score (nSPS) is 17.0. The van der Waals surface area contributed by atoms with Gasteiger partial charge in [0.2, 0.25) is 17.6 Å². The summed E-state index contributed by atoms with van der Waals surface area (Å²) in [6, 6.07) is 7.10. The number of benzene rings is 2. The lowest BCUT2D eigenvalue weighted by Gasteiger charge is -2.22. The molecule has 0 radical (unpaired) electrons. The summed E-state index contributed by atoms with van der Waals surface area (Å²) in [6.07, 6.45) is -4.14. The van der Waals surface area contributed by atoms with Crippen LogP contribution in [0.2, 0.25) is 0 Å². The summed E-state index contributed by atoms with van der Waals surface area (Å²) in [6.45, 7) is -0.330. The Labute approximate surface area is 167 Å². The molecule has 5 nitrogen and oxygen atoms in total. The summed E-state index contributed by atoms with van der Waals surface area (Å²) in [5.74, 6) is -2.01. The Kier molecular flexibility index (Phi) is 5.00. The summed E-state index contributed by atoms with van der Waals surface area (Å²) in [7, 11) is 0. The maximum Gasteiger partial charge on any atom is 0.416 e. The minimum atomic E-state index is -4.53. The number of rotatable bonds is 4. The van der Waals surface area contributed by atoms with Gasteiger partial charge in [0.15, 0.2) is 0 Å². The molecule has 1 aromatic heterocycles. The van der Waals surface area contributed by atoms with Crippen LogP contribution in [-0.2, 0) is 17.5 Å². The SMILES string of the molecule is O=C1CCC(c2nc(-c3cccc(C(F)(F)F)c3)no2)N1Cc1c(F)cccc1F. The first-order valence-corrected chi connectivity index (χ1v) is 8.97. The second-order valence-electron chi connectivity index (χ2n) is 6.81. The molecule has 1 atom stereocenters. The zero-order valence-electron chi connectivity index (χ0n) is 15.3. The number of alkyl halides is 3. The number of hydrogen-bond donors (Lipinski definition) is 0. The number of halogens is 5. The third-order valence-electron chi connectivity index (χ3n) is 4.89. The highest BCUT2D eigenvalue weighted by Crippen LogP contribution is 2.36. The van der Waals surface area contributed by atoms with Crippen LogP contribution in [0.5, 0.6) is 0 Å². The second kappa shape index (κ2) is 7.51. The number of carbonyl (C=O) groups excluding carboxylic acids is 1. The maximum absolute atomic E-state index is 14.0. The molecule has 4 rings (SSSR count). The lowest BCUT2D eigenvalue weighted by atomic mass is 10.1. The molecule has 0 saturated carbocycles. The van der Waals surface area contributed by atoms with E-state index in [0.29, 0.717) is 0 Å². The van der Waals surface area contributed by atoms with Crippen LogP contribution in [0.3, 0.4) is 0 Å². The van der Waals surface area contributed by atoms with E-state index in [4.69, 9.17) is 4.52 Å². The van der Waals surface area contributed by atoms with Crippen molar-refractivity contribution in [1.82, 2.24) is 15.0 Å². The first-order chi connectivity index (χ1) is 14.2. The van der Waals surface area contributed by atoms with Gasteiger partial charge in [-0.2, -0.15) is 18.2 Å². The van der Waals surface area contributed by atoms with Gasteiger partial charge in [-0.3, -0.25) is 4.79 Å². The van der Waals surface area contributed by atoms with Crippen LogP contribution < -0.4 is 0 Å². The largest absolute Gasteiger partial charge is 0.416 e. The molecule has 156 valence electrons. The number of likely N-dealkylation sites (tertiary alicyclic amines) is 1. The molecule has 1 amide bonds. The third-order valence-corrected chi connectivity index (χ3v) is 4.89. The Morgan fingerprint density at radius 2 is 1.80 bits per heavy atom. The maximum atomic E-state index is 14.0. The molecule has 1 fully saturated rings. The van der Waals surface area contributed by atoms with Gasteiger partial charge in [-0.15, -0.1) is 0 Å². The average molecular weight is 423 g/mol. The van der Waals surface area contributed by atoms with Crippen LogP contribution in [0, 0.1) is 11.6 Å². The Morgan fingerprint density at radius 3 is 2.50 bits per heavy atom. The van der Waals surface area contributed by atoms with Crippen LogP contribution in [-0.4, -0.2) is 20.9 Å². The van der Waals surface area contributed by atoms with Crippen molar-refractivity contribution >= 4 is 5.91 Å². The molecule has 1 saturated heterocycles. The standard InChI is InChI=1S/C20H14F5N3O2/c21-14-5-2-6-15(22)13(14)10-28-16(7-8-17(28)29)19-26-18(27-30-19)11-3-1-4-12(9-11)20(23,24)25/h1-6,9,16H,7-8,10H2. The Morgan fingerprint density at radius 1 is 1.10 bits per heavy atom. The second-order valence-corrected chi connectivity index (χ2v) is 6.81. The van der Waals surface area contributed by atoms with Crippen LogP contribution in [0.1, 0.15) is 35.9 Å². The monoisotopic (exact) mass is 423 g/mol. The van der Waals surface area contributed by atoms with E-state index in [1.165, 1.54) is 23.1 Å². The van der Waals surface area contributed by atoms with Crippen molar-refractivity contribution in [1.29, 1.82) is 0 Å². The summed E-state index contributed by atoms with van der Waals surface area (Å²) in [5.41, 5.74) is -1.04. The van der Waals surface area contributed by atoms with Gasteiger partial charge in [-0.25, -0.2) is 8.78 Å². The lowest BCUT2D eigenvalue weighted by molar-refractivity contribution is -0.137. The highest BCUT2D eigenvalue weighted by atomic mass is 19.4.